The molecule has 1 aliphatic rings. The molecule has 0 aliphatic carbocycles. The molecule has 116 valence electrons. The predicted octanol–water partition coefficient (Wildman–Crippen LogP) is 2.92. The van der Waals surface area contributed by atoms with Gasteiger partial charge in [0, 0.05) is 37.1 Å². The number of hydrogen-bond donors (Lipinski definition) is 0. The summed E-state index contributed by atoms with van der Waals surface area (Å²) in [6, 6.07) is 10.4. The summed E-state index contributed by atoms with van der Waals surface area (Å²) in [5.41, 5.74) is 1.27. The maximum atomic E-state index is 12.3. The van der Waals surface area contributed by atoms with E-state index in [1.807, 2.05) is 36.7 Å². The second-order valence-electron chi connectivity index (χ2n) is 5.52. The lowest BCUT2D eigenvalue weighted by molar-refractivity contribution is -0.148. The van der Waals surface area contributed by atoms with Gasteiger partial charge in [0.25, 0.3) is 0 Å². The number of nitrogens with zero attached hydrogens (tertiary/aromatic N) is 2. The fourth-order valence-electron chi connectivity index (χ4n) is 3.01. The summed E-state index contributed by atoms with van der Waals surface area (Å²) in [6.07, 6.45) is 1.81. The molecular weight excluding hydrogens is 296 g/mol. The zero-order valence-electron chi connectivity index (χ0n) is 12.6. The third kappa shape index (κ3) is 3.36. The van der Waals surface area contributed by atoms with Crippen LogP contribution in [0.1, 0.15) is 23.4 Å². The number of carbonyl (C=O) groups excluding carboxylic acids is 1. The van der Waals surface area contributed by atoms with E-state index >= 15 is 0 Å². The summed E-state index contributed by atoms with van der Waals surface area (Å²) in [5, 5.41) is 3.01. The molecule has 0 spiro atoms. The maximum absolute atomic E-state index is 12.3. The van der Waals surface area contributed by atoms with Crippen LogP contribution in [-0.4, -0.2) is 35.5 Å². The third-order valence-corrected chi connectivity index (χ3v) is 4.91. The van der Waals surface area contributed by atoms with Gasteiger partial charge in [-0.3, -0.25) is 9.69 Å². The summed E-state index contributed by atoms with van der Waals surface area (Å²) in [4.78, 5) is 19.0. The molecule has 0 amide bonds. The molecule has 3 rings (SSSR count). The van der Waals surface area contributed by atoms with Gasteiger partial charge in [0.2, 0.25) is 0 Å². The van der Waals surface area contributed by atoms with E-state index in [2.05, 4.69) is 22.0 Å². The molecule has 1 aromatic heterocycles. The van der Waals surface area contributed by atoms with Gasteiger partial charge in [-0.25, -0.2) is 4.98 Å². The minimum Gasteiger partial charge on any atom is -0.466 e. The quantitative estimate of drug-likeness (QED) is 0.796. The minimum atomic E-state index is -0.116. The highest BCUT2D eigenvalue weighted by atomic mass is 32.1. The molecule has 5 heteroatoms. The van der Waals surface area contributed by atoms with Gasteiger partial charge in [0.15, 0.2) is 0 Å². The van der Waals surface area contributed by atoms with Gasteiger partial charge < -0.3 is 4.74 Å². The smallest absolute Gasteiger partial charge is 0.310 e. The van der Waals surface area contributed by atoms with Crippen LogP contribution < -0.4 is 0 Å². The highest BCUT2D eigenvalue weighted by Crippen LogP contribution is 2.35. The first-order valence-electron chi connectivity index (χ1n) is 7.60. The number of likely N-dealkylation sites (tertiary alicyclic amines) is 1. The van der Waals surface area contributed by atoms with E-state index in [1.165, 1.54) is 5.56 Å². The molecule has 2 heterocycles. The van der Waals surface area contributed by atoms with Crippen LogP contribution in [0.5, 0.6) is 0 Å². The Balaban J connectivity index is 1.74. The van der Waals surface area contributed by atoms with E-state index in [9.17, 15) is 4.79 Å². The minimum absolute atomic E-state index is 0.0988. The first-order chi connectivity index (χ1) is 10.8. The van der Waals surface area contributed by atoms with Crippen molar-refractivity contribution >= 4 is 17.3 Å². The first kappa shape index (κ1) is 15.2. The third-order valence-electron chi connectivity index (χ3n) is 4.00. The number of hydrogen-bond acceptors (Lipinski definition) is 5. The van der Waals surface area contributed by atoms with E-state index in [1.54, 1.807) is 11.3 Å². The van der Waals surface area contributed by atoms with Crippen molar-refractivity contribution in [3.8, 4) is 0 Å². The number of carbonyl (C=O) groups is 1. The number of ether oxygens (including phenoxy) is 1. The van der Waals surface area contributed by atoms with Crippen LogP contribution in [0.15, 0.2) is 41.9 Å². The predicted molar refractivity (Wildman–Crippen MR) is 86.7 cm³/mol. The van der Waals surface area contributed by atoms with Crippen molar-refractivity contribution in [3.05, 3.63) is 52.5 Å². The van der Waals surface area contributed by atoms with Crippen molar-refractivity contribution in [2.75, 3.05) is 19.7 Å². The zero-order chi connectivity index (χ0) is 15.4. The van der Waals surface area contributed by atoms with Gasteiger partial charge in [-0.05, 0) is 12.5 Å². The van der Waals surface area contributed by atoms with Crippen molar-refractivity contribution in [1.82, 2.24) is 9.88 Å². The first-order valence-corrected chi connectivity index (χ1v) is 8.48. The van der Waals surface area contributed by atoms with Gasteiger partial charge in [-0.1, -0.05) is 30.3 Å². The van der Waals surface area contributed by atoms with Crippen molar-refractivity contribution in [2.45, 2.75) is 19.4 Å². The second-order valence-corrected chi connectivity index (χ2v) is 6.44. The maximum Gasteiger partial charge on any atom is 0.310 e. The van der Waals surface area contributed by atoms with Gasteiger partial charge in [0.05, 0.1) is 17.5 Å². The lowest BCUT2D eigenvalue weighted by Gasteiger charge is -2.15. The summed E-state index contributed by atoms with van der Waals surface area (Å²) in [6.45, 7) is 4.73. The lowest BCUT2D eigenvalue weighted by Crippen LogP contribution is -2.25. The Hall–Kier alpha value is -1.72. The molecule has 22 heavy (non-hydrogen) atoms. The van der Waals surface area contributed by atoms with E-state index < -0.39 is 0 Å². The lowest BCUT2D eigenvalue weighted by atomic mass is 9.97. The SMILES string of the molecule is CCOC(=O)C1CN(Cc2ccccc2)CC1c1nccs1. The monoisotopic (exact) mass is 316 g/mol. The van der Waals surface area contributed by atoms with Gasteiger partial charge in [0.1, 0.15) is 0 Å². The van der Waals surface area contributed by atoms with Crippen LogP contribution >= 0.6 is 11.3 Å². The van der Waals surface area contributed by atoms with Crippen molar-refractivity contribution in [3.63, 3.8) is 0 Å². The highest BCUT2D eigenvalue weighted by molar-refractivity contribution is 7.09. The van der Waals surface area contributed by atoms with Crippen LogP contribution in [0.3, 0.4) is 0 Å². The average Bonchev–Trinajstić information content (AvgIpc) is 3.17. The average molecular weight is 316 g/mol. The van der Waals surface area contributed by atoms with Crippen LogP contribution in [-0.2, 0) is 16.1 Å². The number of thiazole rings is 1. The molecule has 2 unspecified atom stereocenters. The fourth-order valence-corrected chi connectivity index (χ4v) is 3.81. The highest BCUT2D eigenvalue weighted by Gasteiger charge is 2.40. The molecule has 1 aromatic carbocycles. The zero-order valence-corrected chi connectivity index (χ0v) is 13.5. The summed E-state index contributed by atoms with van der Waals surface area (Å²) >= 11 is 1.62. The molecule has 0 bridgehead atoms. The molecule has 0 radical (unpaired) electrons. The molecular formula is C17H20N2O2S. The standard InChI is InChI=1S/C17H20N2O2S/c1-2-21-17(20)15-12-19(10-13-6-4-3-5-7-13)11-14(15)16-18-8-9-22-16/h3-9,14-15H,2,10-12H2,1H3. The largest absolute Gasteiger partial charge is 0.466 e. The van der Waals surface area contributed by atoms with E-state index in [0.717, 1.165) is 24.6 Å². The Morgan fingerprint density at radius 2 is 2.18 bits per heavy atom. The Morgan fingerprint density at radius 1 is 1.36 bits per heavy atom. The van der Waals surface area contributed by atoms with Crippen LogP contribution in [0.25, 0.3) is 0 Å². The molecule has 2 atom stereocenters. The van der Waals surface area contributed by atoms with E-state index in [4.69, 9.17) is 4.74 Å². The van der Waals surface area contributed by atoms with Gasteiger partial charge in [-0.15, -0.1) is 11.3 Å². The molecule has 1 aliphatic heterocycles. The Labute approximate surface area is 134 Å². The summed E-state index contributed by atoms with van der Waals surface area (Å²) in [7, 11) is 0. The molecule has 1 fully saturated rings. The molecule has 0 saturated carbocycles. The van der Waals surface area contributed by atoms with Crippen molar-refractivity contribution in [2.24, 2.45) is 5.92 Å². The van der Waals surface area contributed by atoms with E-state index in [0.29, 0.717) is 6.61 Å². The second kappa shape index (κ2) is 7.03. The van der Waals surface area contributed by atoms with Crippen molar-refractivity contribution < 1.29 is 9.53 Å². The normalized spacial score (nSPS) is 21.9. The summed E-state index contributed by atoms with van der Waals surface area (Å²) in [5.74, 6) is -0.0733. The van der Waals surface area contributed by atoms with Crippen LogP contribution in [0, 0.1) is 5.92 Å². The van der Waals surface area contributed by atoms with Crippen molar-refractivity contribution in [1.29, 1.82) is 0 Å². The fraction of sp³-hybridized carbons (Fsp3) is 0.412. The molecule has 4 nitrogen and oxygen atoms in total. The topological polar surface area (TPSA) is 42.4 Å². The number of benzene rings is 1. The Morgan fingerprint density at radius 3 is 2.86 bits per heavy atom. The van der Waals surface area contributed by atoms with E-state index in [-0.39, 0.29) is 17.8 Å². The number of rotatable bonds is 5. The van der Waals surface area contributed by atoms with Crippen LogP contribution in [0.2, 0.25) is 0 Å². The van der Waals surface area contributed by atoms with Gasteiger partial charge >= 0.3 is 5.97 Å². The van der Waals surface area contributed by atoms with Gasteiger partial charge in [-0.2, -0.15) is 0 Å². The Bertz CT molecular complexity index is 600. The number of esters is 1. The molecule has 0 N–H and O–H groups in total. The van der Waals surface area contributed by atoms with Crippen LogP contribution in [0.4, 0.5) is 0 Å². The molecule has 2 aromatic rings. The molecule has 1 saturated heterocycles. The summed E-state index contributed by atoms with van der Waals surface area (Å²) < 4.78 is 5.26. The Kier molecular flexibility index (Phi) is 4.85. The number of aromatic nitrogens is 1.